The Kier molecular flexibility index (Phi) is 5.26. The summed E-state index contributed by atoms with van der Waals surface area (Å²) in [6.45, 7) is 7.38. The minimum Gasteiger partial charge on any atom is -0.353 e. The zero-order valence-electron chi connectivity index (χ0n) is 9.99. The molecular weight excluding hydrogens is 192 g/mol. The van der Waals surface area contributed by atoms with Gasteiger partial charge < -0.3 is 9.47 Å². The summed E-state index contributed by atoms with van der Waals surface area (Å²) in [7, 11) is 0. The molecule has 0 bridgehead atoms. The quantitative estimate of drug-likeness (QED) is 0.659. The third-order valence-corrected chi connectivity index (χ3v) is 3.08. The van der Waals surface area contributed by atoms with Crippen molar-refractivity contribution >= 4 is 5.78 Å². The van der Waals surface area contributed by atoms with Crippen LogP contribution in [0.4, 0.5) is 0 Å². The molecule has 0 aromatic heterocycles. The number of hydrogen-bond acceptors (Lipinski definition) is 3. The maximum absolute atomic E-state index is 11.4. The minimum atomic E-state index is -0.195. The van der Waals surface area contributed by atoms with Gasteiger partial charge in [-0.1, -0.05) is 6.92 Å². The molecule has 0 radical (unpaired) electrons. The molecule has 3 heteroatoms. The van der Waals surface area contributed by atoms with E-state index in [1.54, 1.807) is 0 Å². The zero-order valence-corrected chi connectivity index (χ0v) is 9.99. The van der Waals surface area contributed by atoms with E-state index in [1.807, 2.05) is 13.8 Å². The van der Waals surface area contributed by atoms with Gasteiger partial charge in [0.25, 0.3) is 0 Å². The fraction of sp³-hybridized carbons (Fsp3) is 0.917. The Bertz CT molecular complexity index is 197. The van der Waals surface area contributed by atoms with Crippen molar-refractivity contribution in [3.8, 4) is 0 Å². The summed E-state index contributed by atoms with van der Waals surface area (Å²) < 4.78 is 11.1. The molecule has 0 aromatic rings. The maximum atomic E-state index is 11.4. The van der Waals surface area contributed by atoms with Gasteiger partial charge in [0.15, 0.2) is 6.29 Å². The van der Waals surface area contributed by atoms with Crippen LogP contribution in [0.5, 0.6) is 0 Å². The highest BCUT2D eigenvalue weighted by molar-refractivity contribution is 5.79. The van der Waals surface area contributed by atoms with E-state index in [2.05, 4.69) is 6.92 Å². The van der Waals surface area contributed by atoms with E-state index in [0.29, 0.717) is 31.3 Å². The minimum absolute atomic E-state index is 0.195. The Morgan fingerprint density at radius 3 is 2.47 bits per heavy atom. The van der Waals surface area contributed by atoms with Crippen LogP contribution < -0.4 is 0 Å². The normalized spacial score (nSPS) is 27.3. The number of hydrogen-bond donors (Lipinski definition) is 0. The topological polar surface area (TPSA) is 35.5 Å². The molecule has 0 N–H and O–H groups in total. The molecule has 0 amide bonds. The lowest BCUT2D eigenvalue weighted by Gasteiger charge is -2.33. The van der Waals surface area contributed by atoms with Gasteiger partial charge in [-0.15, -0.1) is 0 Å². The Hall–Kier alpha value is -0.410. The Balaban J connectivity index is 2.58. The highest BCUT2D eigenvalue weighted by Gasteiger charge is 2.33. The van der Waals surface area contributed by atoms with E-state index >= 15 is 0 Å². The van der Waals surface area contributed by atoms with Gasteiger partial charge >= 0.3 is 0 Å². The van der Waals surface area contributed by atoms with Crippen LogP contribution >= 0.6 is 0 Å². The molecule has 2 atom stereocenters. The van der Waals surface area contributed by atoms with Crippen molar-refractivity contribution in [2.75, 3.05) is 13.2 Å². The van der Waals surface area contributed by atoms with Crippen LogP contribution in [0.15, 0.2) is 0 Å². The van der Waals surface area contributed by atoms with Gasteiger partial charge in [-0.25, -0.2) is 0 Å². The van der Waals surface area contributed by atoms with Crippen molar-refractivity contribution in [3.63, 3.8) is 0 Å². The zero-order chi connectivity index (χ0) is 11.3. The Morgan fingerprint density at radius 1 is 1.33 bits per heavy atom. The predicted molar refractivity (Wildman–Crippen MR) is 58.6 cm³/mol. The van der Waals surface area contributed by atoms with E-state index in [-0.39, 0.29) is 12.2 Å². The SMILES string of the molecule is CCOC(OCC)C1CC(=O)CCC1C. The first-order chi connectivity index (χ1) is 7.19. The average molecular weight is 214 g/mol. The highest BCUT2D eigenvalue weighted by atomic mass is 16.7. The summed E-state index contributed by atoms with van der Waals surface area (Å²) in [5.74, 6) is 1.11. The molecule has 0 aliphatic heterocycles. The van der Waals surface area contributed by atoms with Crippen LogP contribution in [0.25, 0.3) is 0 Å². The number of ether oxygens (including phenoxy) is 2. The first-order valence-electron chi connectivity index (χ1n) is 5.93. The first kappa shape index (κ1) is 12.7. The lowest BCUT2D eigenvalue weighted by atomic mass is 9.79. The molecular formula is C12H22O3. The van der Waals surface area contributed by atoms with Gasteiger partial charge in [0.1, 0.15) is 5.78 Å². The van der Waals surface area contributed by atoms with E-state index < -0.39 is 0 Å². The molecule has 1 saturated carbocycles. The van der Waals surface area contributed by atoms with Crippen molar-refractivity contribution < 1.29 is 14.3 Å². The number of carbonyl (C=O) groups is 1. The lowest BCUT2D eigenvalue weighted by molar-refractivity contribution is -0.183. The van der Waals surface area contributed by atoms with E-state index in [9.17, 15) is 4.79 Å². The van der Waals surface area contributed by atoms with Gasteiger partial charge in [0, 0.05) is 32.0 Å². The molecule has 1 rings (SSSR count). The van der Waals surface area contributed by atoms with Crippen LogP contribution in [0.2, 0.25) is 0 Å². The monoisotopic (exact) mass is 214 g/mol. The van der Waals surface area contributed by atoms with Crippen LogP contribution in [0.3, 0.4) is 0 Å². The molecule has 0 spiro atoms. The van der Waals surface area contributed by atoms with Gasteiger partial charge in [-0.3, -0.25) is 4.79 Å². The van der Waals surface area contributed by atoms with Gasteiger partial charge in [0.05, 0.1) is 0 Å². The van der Waals surface area contributed by atoms with Crippen LogP contribution in [-0.2, 0) is 14.3 Å². The van der Waals surface area contributed by atoms with Crippen molar-refractivity contribution in [3.05, 3.63) is 0 Å². The van der Waals surface area contributed by atoms with E-state index in [4.69, 9.17) is 9.47 Å². The van der Waals surface area contributed by atoms with Crippen LogP contribution in [0, 0.1) is 11.8 Å². The van der Waals surface area contributed by atoms with E-state index in [0.717, 1.165) is 12.8 Å². The summed E-state index contributed by atoms with van der Waals surface area (Å²) in [5.41, 5.74) is 0. The third-order valence-electron chi connectivity index (χ3n) is 3.08. The fourth-order valence-corrected chi connectivity index (χ4v) is 2.16. The van der Waals surface area contributed by atoms with E-state index in [1.165, 1.54) is 0 Å². The second kappa shape index (κ2) is 6.23. The number of carbonyl (C=O) groups excluding carboxylic acids is 1. The smallest absolute Gasteiger partial charge is 0.160 e. The number of rotatable bonds is 5. The second-order valence-corrected chi connectivity index (χ2v) is 4.20. The first-order valence-corrected chi connectivity index (χ1v) is 5.93. The molecule has 1 aliphatic rings. The Morgan fingerprint density at radius 2 is 1.93 bits per heavy atom. The van der Waals surface area contributed by atoms with Crippen molar-refractivity contribution in [1.29, 1.82) is 0 Å². The molecule has 0 aromatic carbocycles. The fourth-order valence-electron chi connectivity index (χ4n) is 2.16. The van der Waals surface area contributed by atoms with Crippen molar-refractivity contribution in [2.45, 2.75) is 46.3 Å². The highest BCUT2D eigenvalue weighted by Crippen LogP contribution is 2.31. The summed E-state index contributed by atoms with van der Waals surface area (Å²) in [5, 5.41) is 0. The van der Waals surface area contributed by atoms with Crippen LogP contribution in [0.1, 0.15) is 40.0 Å². The molecule has 0 heterocycles. The summed E-state index contributed by atoms with van der Waals surface area (Å²) in [6.07, 6.45) is 2.12. The predicted octanol–water partition coefficient (Wildman–Crippen LogP) is 2.39. The van der Waals surface area contributed by atoms with Crippen molar-refractivity contribution in [1.82, 2.24) is 0 Å². The standard InChI is InChI=1S/C12H22O3/c1-4-14-12(15-5-2)11-8-10(13)7-6-9(11)3/h9,11-12H,4-8H2,1-3H3. The third kappa shape index (κ3) is 3.58. The molecule has 1 fully saturated rings. The Labute approximate surface area is 92.1 Å². The number of Topliss-reactive ketones (excluding diaryl/α,β-unsaturated/α-hetero) is 1. The molecule has 15 heavy (non-hydrogen) atoms. The molecule has 0 saturated heterocycles. The number of ketones is 1. The van der Waals surface area contributed by atoms with Gasteiger partial charge in [-0.2, -0.15) is 0 Å². The summed E-state index contributed by atoms with van der Waals surface area (Å²) in [6, 6.07) is 0. The molecule has 88 valence electrons. The van der Waals surface area contributed by atoms with Crippen LogP contribution in [-0.4, -0.2) is 25.3 Å². The molecule has 1 aliphatic carbocycles. The van der Waals surface area contributed by atoms with Gasteiger partial charge in [0.2, 0.25) is 0 Å². The largest absolute Gasteiger partial charge is 0.353 e. The van der Waals surface area contributed by atoms with Gasteiger partial charge in [-0.05, 0) is 26.2 Å². The molecule has 2 unspecified atom stereocenters. The molecule has 3 nitrogen and oxygen atoms in total. The lowest BCUT2D eigenvalue weighted by Crippen LogP contribution is -2.36. The second-order valence-electron chi connectivity index (χ2n) is 4.20. The summed E-state index contributed by atoms with van der Waals surface area (Å²) >= 11 is 0. The average Bonchev–Trinajstić information content (AvgIpc) is 2.21. The summed E-state index contributed by atoms with van der Waals surface area (Å²) in [4.78, 5) is 11.4. The maximum Gasteiger partial charge on any atom is 0.160 e. The van der Waals surface area contributed by atoms with Crippen molar-refractivity contribution in [2.24, 2.45) is 11.8 Å².